The van der Waals surface area contributed by atoms with Crippen molar-refractivity contribution in [2.45, 2.75) is 20.4 Å². The Balaban J connectivity index is 2.33. The van der Waals surface area contributed by atoms with E-state index in [4.69, 9.17) is 0 Å². The maximum absolute atomic E-state index is 4.02. The first-order chi connectivity index (χ1) is 8.29. The average molecular weight is 225 g/mol. The number of aromatic amines is 1. The second-order valence-electron chi connectivity index (χ2n) is 4.32. The number of rotatable bonds is 2. The molecule has 3 rings (SSSR count). The highest BCUT2D eigenvalue weighted by molar-refractivity contribution is 5.95. The summed E-state index contributed by atoms with van der Waals surface area (Å²) in [5.74, 6) is 0. The summed E-state index contributed by atoms with van der Waals surface area (Å²) in [6.45, 7) is 5.27. The monoisotopic (exact) mass is 225 g/mol. The Morgan fingerprint density at radius 3 is 2.88 bits per heavy atom. The third kappa shape index (κ3) is 1.55. The maximum Gasteiger partial charge on any atom is 0.0671 e. The van der Waals surface area contributed by atoms with Gasteiger partial charge in [-0.2, -0.15) is 5.10 Å². The molecule has 1 N–H and O–H groups in total. The van der Waals surface area contributed by atoms with Crippen LogP contribution in [-0.2, 0) is 6.54 Å². The molecule has 2 heterocycles. The van der Waals surface area contributed by atoms with Gasteiger partial charge >= 0.3 is 0 Å². The van der Waals surface area contributed by atoms with Gasteiger partial charge in [0.2, 0.25) is 0 Å². The number of fused-ring (bicyclic) bond motifs is 1. The molecular formula is C14H15N3. The zero-order chi connectivity index (χ0) is 11.8. The van der Waals surface area contributed by atoms with Crippen molar-refractivity contribution in [2.24, 2.45) is 0 Å². The molecule has 0 atom stereocenters. The molecule has 0 bridgehead atoms. The van der Waals surface area contributed by atoms with Gasteiger partial charge in [-0.3, -0.25) is 5.10 Å². The lowest BCUT2D eigenvalue weighted by atomic mass is 10.1. The van der Waals surface area contributed by atoms with Gasteiger partial charge in [-0.25, -0.2) is 0 Å². The van der Waals surface area contributed by atoms with E-state index in [-0.39, 0.29) is 0 Å². The molecule has 2 aromatic heterocycles. The molecule has 0 fully saturated rings. The number of hydrogen-bond acceptors (Lipinski definition) is 1. The Bertz CT molecular complexity index is 647. The second-order valence-corrected chi connectivity index (χ2v) is 4.32. The number of nitrogens with zero attached hydrogens (tertiary/aromatic N) is 2. The number of nitrogens with one attached hydrogen (secondary N) is 1. The van der Waals surface area contributed by atoms with Crippen molar-refractivity contribution in [3.8, 4) is 11.3 Å². The van der Waals surface area contributed by atoms with Crippen LogP contribution in [0.5, 0.6) is 0 Å². The minimum absolute atomic E-state index is 0.980. The van der Waals surface area contributed by atoms with Crippen molar-refractivity contribution in [3.63, 3.8) is 0 Å². The molecule has 0 amide bonds. The van der Waals surface area contributed by atoms with Gasteiger partial charge < -0.3 is 4.57 Å². The zero-order valence-electron chi connectivity index (χ0n) is 10.1. The third-order valence-corrected chi connectivity index (χ3v) is 3.17. The molecule has 0 spiro atoms. The molecule has 0 saturated heterocycles. The highest BCUT2D eigenvalue weighted by Crippen LogP contribution is 2.29. The standard InChI is InChI=1S/C14H15N3/c1-3-17-9-12(13-6-7-15-16-13)11-5-4-10(2)8-14(11)17/h4-9H,3H2,1-2H3,(H,15,16). The number of aromatic nitrogens is 3. The van der Waals surface area contributed by atoms with E-state index in [1.54, 1.807) is 6.20 Å². The van der Waals surface area contributed by atoms with E-state index in [1.807, 2.05) is 6.07 Å². The summed E-state index contributed by atoms with van der Waals surface area (Å²) in [7, 11) is 0. The minimum Gasteiger partial charge on any atom is -0.347 e. The van der Waals surface area contributed by atoms with Crippen LogP contribution in [0.25, 0.3) is 22.2 Å². The van der Waals surface area contributed by atoms with Gasteiger partial charge in [0.15, 0.2) is 0 Å². The highest BCUT2D eigenvalue weighted by Gasteiger charge is 2.10. The lowest BCUT2D eigenvalue weighted by molar-refractivity contribution is 0.798. The van der Waals surface area contributed by atoms with E-state index in [9.17, 15) is 0 Å². The predicted molar refractivity (Wildman–Crippen MR) is 69.9 cm³/mol. The van der Waals surface area contributed by atoms with Crippen molar-refractivity contribution < 1.29 is 0 Å². The topological polar surface area (TPSA) is 33.6 Å². The summed E-state index contributed by atoms with van der Waals surface area (Å²) in [4.78, 5) is 0. The zero-order valence-corrected chi connectivity index (χ0v) is 10.1. The molecule has 0 unspecified atom stereocenters. The first-order valence-corrected chi connectivity index (χ1v) is 5.89. The second kappa shape index (κ2) is 3.77. The van der Waals surface area contributed by atoms with Crippen LogP contribution < -0.4 is 0 Å². The highest BCUT2D eigenvalue weighted by atomic mass is 15.1. The van der Waals surface area contributed by atoms with Gasteiger partial charge in [0, 0.05) is 35.4 Å². The van der Waals surface area contributed by atoms with Gasteiger partial charge in [-0.15, -0.1) is 0 Å². The molecule has 0 saturated carbocycles. The first-order valence-electron chi connectivity index (χ1n) is 5.89. The normalized spacial score (nSPS) is 11.2. The van der Waals surface area contributed by atoms with Crippen LogP contribution in [0, 0.1) is 6.92 Å². The minimum atomic E-state index is 0.980. The van der Waals surface area contributed by atoms with E-state index in [1.165, 1.54) is 22.0 Å². The number of H-pyrrole nitrogens is 1. The predicted octanol–water partition coefficient (Wildman–Crippen LogP) is 3.36. The van der Waals surface area contributed by atoms with Crippen molar-refractivity contribution in [1.29, 1.82) is 0 Å². The van der Waals surface area contributed by atoms with Crippen LogP contribution in [0.3, 0.4) is 0 Å². The van der Waals surface area contributed by atoms with E-state index < -0.39 is 0 Å². The quantitative estimate of drug-likeness (QED) is 0.712. The fourth-order valence-corrected chi connectivity index (χ4v) is 2.28. The maximum atomic E-state index is 4.02. The molecule has 0 aliphatic rings. The lowest BCUT2D eigenvalue weighted by Crippen LogP contribution is -1.90. The third-order valence-electron chi connectivity index (χ3n) is 3.17. The molecule has 3 nitrogen and oxygen atoms in total. The number of hydrogen-bond donors (Lipinski definition) is 1. The number of benzene rings is 1. The van der Waals surface area contributed by atoms with Gasteiger partial charge in [0.1, 0.15) is 0 Å². The summed E-state index contributed by atoms with van der Waals surface area (Å²) in [5.41, 5.74) is 4.88. The van der Waals surface area contributed by atoms with Crippen molar-refractivity contribution in [3.05, 3.63) is 42.2 Å². The van der Waals surface area contributed by atoms with Crippen LogP contribution >= 0.6 is 0 Å². The molecule has 86 valence electrons. The Hall–Kier alpha value is -2.03. The van der Waals surface area contributed by atoms with E-state index >= 15 is 0 Å². The van der Waals surface area contributed by atoms with Gasteiger partial charge in [0.25, 0.3) is 0 Å². The average Bonchev–Trinajstić information content (AvgIpc) is 2.94. The molecule has 3 heteroatoms. The van der Waals surface area contributed by atoms with E-state index in [2.05, 4.69) is 53.0 Å². The van der Waals surface area contributed by atoms with Crippen molar-refractivity contribution in [1.82, 2.24) is 14.8 Å². The van der Waals surface area contributed by atoms with Crippen LogP contribution in [0.15, 0.2) is 36.7 Å². The van der Waals surface area contributed by atoms with Gasteiger partial charge in [-0.1, -0.05) is 12.1 Å². The van der Waals surface area contributed by atoms with Crippen molar-refractivity contribution in [2.75, 3.05) is 0 Å². The molecule has 3 aromatic rings. The SMILES string of the molecule is CCn1cc(-c2ccn[nH]2)c2ccc(C)cc21. The Labute approximate surface area is 100 Å². The molecule has 0 aliphatic carbocycles. The first kappa shape index (κ1) is 10.1. The Kier molecular flexibility index (Phi) is 2.25. The van der Waals surface area contributed by atoms with Crippen LogP contribution in [0.4, 0.5) is 0 Å². The Morgan fingerprint density at radius 2 is 2.18 bits per heavy atom. The fourth-order valence-electron chi connectivity index (χ4n) is 2.28. The van der Waals surface area contributed by atoms with Gasteiger partial charge in [-0.05, 0) is 31.5 Å². The van der Waals surface area contributed by atoms with Crippen molar-refractivity contribution >= 4 is 10.9 Å². The van der Waals surface area contributed by atoms with Crippen LogP contribution in [0.1, 0.15) is 12.5 Å². The molecule has 17 heavy (non-hydrogen) atoms. The largest absolute Gasteiger partial charge is 0.347 e. The summed E-state index contributed by atoms with van der Waals surface area (Å²) < 4.78 is 2.28. The summed E-state index contributed by atoms with van der Waals surface area (Å²) in [6, 6.07) is 8.59. The lowest BCUT2D eigenvalue weighted by Gasteiger charge is -2.00. The molecule has 0 radical (unpaired) electrons. The molecule has 0 aliphatic heterocycles. The van der Waals surface area contributed by atoms with E-state index in [0.29, 0.717) is 0 Å². The fraction of sp³-hybridized carbons (Fsp3) is 0.214. The van der Waals surface area contributed by atoms with Crippen LogP contribution in [0.2, 0.25) is 0 Å². The van der Waals surface area contributed by atoms with E-state index in [0.717, 1.165) is 12.2 Å². The molecule has 1 aromatic carbocycles. The smallest absolute Gasteiger partial charge is 0.0671 e. The van der Waals surface area contributed by atoms with Gasteiger partial charge in [0.05, 0.1) is 5.69 Å². The Morgan fingerprint density at radius 1 is 1.29 bits per heavy atom. The summed E-state index contributed by atoms with van der Waals surface area (Å²) >= 11 is 0. The molecular weight excluding hydrogens is 210 g/mol. The summed E-state index contributed by atoms with van der Waals surface area (Å²) in [5, 5.41) is 8.34. The summed E-state index contributed by atoms with van der Waals surface area (Å²) in [6.07, 6.45) is 3.98. The number of aryl methyl sites for hydroxylation is 2. The van der Waals surface area contributed by atoms with Crippen LogP contribution in [-0.4, -0.2) is 14.8 Å².